The number of hydrogen-bond donors (Lipinski definition) is 1. The molecule has 0 spiro atoms. The fourth-order valence-electron chi connectivity index (χ4n) is 3.44. The van der Waals surface area contributed by atoms with Crippen LogP contribution in [-0.2, 0) is 6.54 Å². The van der Waals surface area contributed by atoms with E-state index in [9.17, 15) is 9.59 Å². The van der Waals surface area contributed by atoms with Crippen LogP contribution in [0.25, 0.3) is 0 Å². The molecule has 1 fully saturated rings. The number of rotatable bonds is 6. The van der Waals surface area contributed by atoms with E-state index in [-0.39, 0.29) is 17.7 Å². The molecule has 3 rings (SSSR count). The molecule has 0 aliphatic carbocycles. The van der Waals surface area contributed by atoms with Crippen LogP contribution in [-0.4, -0.2) is 46.1 Å². The van der Waals surface area contributed by atoms with Crippen molar-refractivity contribution >= 4 is 23.2 Å². The second kappa shape index (κ2) is 8.69. The molecule has 146 valence electrons. The summed E-state index contributed by atoms with van der Waals surface area (Å²) in [5.74, 6) is 0.602. The summed E-state index contributed by atoms with van der Waals surface area (Å²) in [6.07, 6.45) is 1.99. The number of carbonyl (C=O) groups is 2. The minimum absolute atomic E-state index is 0.0286. The van der Waals surface area contributed by atoms with Gasteiger partial charge in [-0.1, -0.05) is 19.9 Å². The van der Waals surface area contributed by atoms with Crippen molar-refractivity contribution in [3.8, 4) is 0 Å². The number of hydrogen-bond acceptors (Lipinski definition) is 4. The molecule has 2 aromatic rings. The molecule has 6 nitrogen and oxygen atoms in total. The Labute approximate surface area is 164 Å². The van der Waals surface area contributed by atoms with E-state index in [2.05, 4.69) is 24.3 Å². The smallest absolute Gasteiger partial charge is 0.272 e. The highest BCUT2D eigenvalue weighted by molar-refractivity contribution is 7.12. The lowest BCUT2D eigenvalue weighted by Gasteiger charge is -2.32. The largest absolute Gasteiger partial charge is 0.351 e. The Morgan fingerprint density at radius 1 is 1.41 bits per heavy atom. The predicted octanol–water partition coefficient (Wildman–Crippen LogP) is 3.37. The number of likely N-dealkylation sites (tertiary alicyclic amines) is 1. The Balaban J connectivity index is 1.62. The van der Waals surface area contributed by atoms with Gasteiger partial charge < -0.3 is 10.2 Å². The minimum Gasteiger partial charge on any atom is -0.351 e. The monoisotopic (exact) mass is 388 g/mol. The first-order valence-corrected chi connectivity index (χ1v) is 10.6. The molecule has 3 heterocycles. The Bertz CT molecular complexity index is 782. The van der Waals surface area contributed by atoms with Crippen molar-refractivity contribution in [2.45, 2.75) is 46.1 Å². The number of aromatic nitrogens is 2. The van der Waals surface area contributed by atoms with Gasteiger partial charge in [0.2, 0.25) is 0 Å². The highest BCUT2D eigenvalue weighted by Crippen LogP contribution is 2.21. The topological polar surface area (TPSA) is 67.2 Å². The van der Waals surface area contributed by atoms with Crippen molar-refractivity contribution in [1.82, 2.24) is 20.0 Å². The molecule has 1 aliphatic heterocycles. The average Bonchev–Trinajstić information content (AvgIpc) is 3.35. The van der Waals surface area contributed by atoms with E-state index < -0.39 is 0 Å². The van der Waals surface area contributed by atoms with Gasteiger partial charge in [-0.25, -0.2) is 0 Å². The highest BCUT2D eigenvalue weighted by atomic mass is 32.1. The van der Waals surface area contributed by atoms with Gasteiger partial charge in [-0.3, -0.25) is 14.3 Å². The molecule has 1 aliphatic rings. The molecule has 1 saturated heterocycles. The first kappa shape index (κ1) is 19.6. The van der Waals surface area contributed by atoms with Crippen LogP contribution in [0, 0.1) is 5.92 Å². The van der Waals surface area contributed by atoms with Crippen molar-refractivity contribution in [2.24, 2.45) is 5.92 Å². The summed E-state index contributed by atoms with van der Waals surface area (Å²) < 4.78 is 1.81. The Kier molecular flexibility index (Phi) is 6.31. The van der Waals surface area contributed by atoms with Crippen molar-refractivity contribution in [2.75, 3.05) is 19.6 Å². The quantitative estimate of drug-likeness (QED) is 0.825. The zero-order valence-corrected chi connectivity index (χ0v) is 17.1. The van der Waals surface area contributed by atoms with E-state index in [4.69, 9.17) is 0 Å². The Morgan fingerprint density at radius 3 is 2.89 bits per heavy atom. The van der Waals surface area contributed by atoms with Crippen LogP contribution in [0.2, 0.25) is 0 Å². The lowest BCUT2D eigenvalue weighted by Crippen LogP contribution is -2.44. The van der Waals surface area contributed by atoms with Gasteiger partial charge in [-0.15, -0.1) is 11.3 Å². The third-order valence-electron chi connectivity index (χ3n) is 5.01. The van der Waals surface area contributed by atoms with Crippen LogP contribution >= 0.6 is 11.3 Å². The summed E-state index contributed by atoms with van der Waals surface area (Å²) >= 11 is 1.44. The summed E-state index contributed by atoms with van der Waals surface area (Å²) in [4.78, 5) is 27.9. The molecule has 2 aromatic heterocycles. The van der Waals surface area contributed by atoms with E-state index in [1.807, 2.05) is 35.4 Å². The van der Waals surface area contributed by atoms with Crippen LogP contribution in [0.15, 0.2) is 23.6 Å². The lowest BCUT2D eigenvalue weighted by atomic mass is 9.97. The molecule has 7 heteroatoms. The average molecular weight is 389 g/mol. The maximum atomic E-state index is 13.1. The van der Waals surface area contributed by atoms with Crippen molar-refractivity contribution in [3.63, 3.8) is 0 Å². The highest BCUT2D eigenvalue weighted by Gasteiger charge is 2.27. The van der Waals surface area contributed by atoms with Crippen LogP contribution < -0.4 is 5.32 Å². The summed E-state index contributed by atoms with van der Waals surface area (Å²) in [5, 5.41) is 9.48. The van der Waals surface area contributed by atoms with Crippen LogP contribution in [0.1, 0.15) is 65.4 Å². The van der Waals surface area contributed by atoms with Crippen LogP contribution in [0.4, 0.5) is 0 Å². The molecule has 2 amide bonds. The van der Waals surface area contributed by atoms with E-state index in [0.29, 0.717) is 31.2 Å². The number of nitrogens with zero attached hydrogens (tertiary/aromatic N) is 3. The molecular formula is C20H28N4O2S. The zero-order chi connectivity index (χ0) is 19.4. The molecule has 1 atom stereocenters. The molecule has 0 bridgehead atoms. The number of thiophene rings is 1. The second-order valence-corrected chi connectivity index (χ2v) is 8.32. The SMILES string of the molecule is CCn1nc(C(C)C)cc1C(=O)N1CCC[C@H](CNC(=O)c2cccs2)C1. The van der Waals surface area contributed by atoms with Crippen LogP contribution in [0.3, 0.4) is 0 Å². The van der Waals surface area contributed by atoms with Crippen molar-refractivity contribution in [3.05, 3.63) is 39.8 Å². The summed E-state index contributed by atoms with van der Waals surface area (Å²) in [6, 6.07) is 5.64. The molecule has 0 radical (unpaired) electrons. The molecule has 27 heavy (non-hydrogen) atoms. The lowest BCUT2D eigenvalue weighted by molar-refractivity contribution is 0.0658. The normalized spacial score (nSPS) is 17.3. The first-order chi connectivity index (χ1) is 13.0. The van der Waals surface area contributed by atoms with Gasteiger partial charge in [0.05, 0.1) is 10.6 Å². The molecule has 0 saturated carbocycles. The number of carbonyl (C=O) groups excluding carboxylic acids is 2. The van der Waals surface area contributed by atoms with E-state index in [0.717, 1.165) is 30.0 Å². The fourth-order valence-corrected chi connectivity index (χ4v) is 4.08. The Hall–Kier alpha value is -2.15. The molecule has 0 unspecified atom stereocenters. The number of nitrogens with one attached hydrogen (secondary N) is 1. The van der Waals surface area contributed by atoms with Crippen LogP contribution in [0.5, 0.6) is 0 Å². The minimum atomic E-state index is -0.0286. The summed E-state index contributed by atoms with van der Waals surface area (Å²) in [7, 11) is 0. The fraction of sp³-hybridized carbons (Fsp3) is 0.550. The van der Waals surface area contributed by atoms with Gasteiger partial charge >= 0.3 is 0 Å². The maximum absolute atomic E-state index is 13.1. The van der Waals surface area contributed by atoms with Crippen molar-refractivity contribution in [1.29, 1.82) is 0 Å². The summed E-state index contributed by atoms with van der Waals surface area (Å²) in [6.45, 7) is 8.91. The van der Waals surface area contributed by atoms with Gasteiger partial charge in [0, 0.05) is 26.2 Å². The van der Waals surface area contributed by atoms with Gasteiger partial charge in [0.1, 0.15) is 5.69 Å². The van der Waals surface area contributed by atoms with Gasteiger partial charge in [-0.2, -0.15) is 5.10 Å². The molecule has 1 N–H and O–H groups in total. The second-order valence-electron chi connectivity index (χ2n) is 7.37. The van der Waals surface area contributed by atoms with E-state index in [1.165, 1.54) is 11.3 Å². The molecular weight excluding hydrogens is 360 g/mol. The van der Waals surface area contributed by atoms with Gasteiger partial charge in [0.15, 0.2) is 0 Å². The third-order valence-corrected chi connectivity index (χ3v) is 5.88. The van der Waals surface area contributed by atoms with Crippen molar-refractivity contribution < 1.29 is 9.59 Å². The first-order valence-electron chi connectivity index (χ1n) is 9.68. The standard InChI is InChI=1S/C20H28N4O2S/c1-4-24-17(11-16(22-24)14(2)3)20(26)23-9-5-7-15(13-23)12-21-19(25)18-8-6-10-27-18/h6,8,10-11,14-15H,4-5,7,9,12-13H2,1-3H3,(H,21,25)/t15-/m1/s1. The Morgan fingerprint density at radius 2 is 2.22 bits per heavy atom. The van der Waals surface area contributed by atoms with Gasteiger partial charge in [-0.05, 0) is 49.1 Å². The maximum Gasteiger partial charge on any atom is 0.272 e. The summed E-state index contributed by atoms with van der Waals surface area (Å²) in [5.41, 5.74) is 1.63. The third kappa shape index (κ3) is 4.58. The van der Waals surface area contributed by atoms with E-state index in [1.54, 1.807) is 4.68 Å². The number of aryl methyl sites for hydroxylation is 1. The number of piperidine rings is 1. The molecule has 0 aromatic carbocycles. The zero-order valence-electron chi connectivity index (χ0n) is 16.3. The van der Waals surface area contributed by atoms with Gasteiger partial charge in [0.25, 0.3) is 11.8 Å². The van der Waals surface area contributed by atoms with E-state index >= 15 is 0 Å². The number of amides is 2. The predicted molar refractivity (Wildman–Crippen MR) is 107 cm³/mol.